The van der Waals surface area contributed by atoms with E-state index >= 15 is 0 Å². The number of allylic oxidation sites excluding steroid dienone is 2. The Morgan fingerprint density at radius 3 is 2.57 bits per heavy atom. The molecule has 5 nitrogen and oxygen atoms in total. The van der Waals surface area contributed by atoms with Crippen LogP contribution in [0, 0.1) is 12.3 Å². The lowest BCUT2D eigenvalue weighted by molar-refractivity contribution is -0.121. The van der Waals surface area contributed by atoms with Gasteiger partial charge in [0.05, 0.1) is 7.11 Å². The van der Waals surface area contributed by atoms with Crippen LogP contribution in [-0.4, -0.2) is 23.9 Å². The van der Waals surface area contributed by atoms with Crippen LogP contribution in [0.3, 0.4) is 0 Å². The highest BCUT2D eigenvalue weighted by Gasteiger charge is 2.44. The van der Waals surface area contributed by atoms with Crippen LogP contribution in [0.4, 0.5) is 5.69 Å². The van der Waals surface area contributed by atoms with Crippen LogP contribution in [0.2, 0.25) is 0 Å². The van der Waals surface area contributed by atoms with Gasteiger partial charge in [0.15, 0.2) is 17.3 Å². The molecule has 1 unspecified atom stereocenters. The lowest BCUT2D eigenvalue weighted by Crippen LogP contribution is -2.43. The Morgan fingerprint density at radius 2 is 1.87 bits per heavy atom. The van der Waals surface area contributed by atoms with Gasteiger partial charge >= 0.3 is 0 Å². The quantitative estimate of drug-likeness (QED) is 0.791. The Bertz CT molecular complexity index is 1070. The number of ether oxygens (including phenoxy) is 1. The maximum atomic E-state index is 13.4. The molecule has 0 spiro atoms. The number of benzene rings is 2. The molecule has 4 rings (SSSR count). The average molecular weight is 405 g/mol. The van der Waals surface area contributed by atoms with Crippen LogP contribution >= 0.6 is 0 Å². The van der Waals surface area contributed by atoms with Crippen molar-refractivity contribution < 1.29 is 19.4 Å². The summed E-state index contributed by atoms with van der Waals surface area (Å²) < 4.78 is 5.26. The van der Waals surface area contributed by atoms with Gasteiger partial charge in [-0.1, -0.05) is 32.0 Å². The molecule has 1 heterocycles. The third kappa shape index (κ3) is 3.49. The van der Waals surface area contributed by atoms with Crippen molar-refractivity contribution >= 4 is 17.4 Å². The smallest absolute Gasteiger partial charge is 0.232 e. The summed E-state index contributed by atoms with van der Waals surface area (Å²) in [4.78, 5) is 28.5. The van der Waals surface area contributed by atoms with Crippen molar-refractivity contribution in [1.82, 2.24) is 0 Å². The summed E-state index contributed by atoms with van der Waals surface area (Å²) in [5.41, 5.74) is 3.97. The Labute approximate surface area is 177 Å². The number of amides is 1. The van der Waals surface area contributed by atoms with Crippen molar-refractivity contribution in [3.8, 4) is 11.5 Å². The van der Waals surface area contributed by atoms with Gasteiger partial charge in [0.2, 0.25) is 5.91 Å². The molecule has 2 aliphatic rings. The van der Waals surface area contributed by atoms with E-state index in [9.17, 15) is 14.7 Å². The summed E-state index contributed by atoms with van der Waals surface area (Å²) >= 11 is 0. The molecular weight excluding hydrogens is 378 g/mol. The molecule has 2 aromatic carbocycles. The third-order valence-electron chi connectivity index (χ3n) is 6.01. The predicted molar refractivity (Wildman–Crippen MR) is 116 cm³/mol. The number of phenolic OH excluding ortho intramolecular Hbond substituents is 1. The molecule has 2 aromatic rings. The second kappa shape index (κ2) is 7.31. The fraction of sp³-hybridized carbons (Fsp3) is 0.360. The standard InChI is InChI=1S/C25H27NO4/c1-15-6-5-7-17(10-15)26-19-13-25(2,3)14-21(28)24(19)18(12-23(26)29)16-8-9-20(27)22(11-16)30-4/h5-11,18,27H,12-14H2,1-4H3. The van der Waals surface area contributed by atoms with Crippen molar-refractivity contribution in [2.75, 3.05) is 12.0 Å². The highest BCUT2D eigenvalue weighted by atomic mass is 16.5. The number of anilines is 1. The largest absolute Gasteiger partial charge is 0.504 e. The number of carbonyl (C=O) groups is 2. The molecular formula is C25H27NO4. The van der Waals surface area contributed by atoms with Gasteiger partial charge in [0.25, 0.3) is 0 Å². The second-order valence-corrected chi connectivity index (χ2v) is 9.06. The minimum Gasteiger partial charge on any atom is -0.504 e. The van der Waals surface area contributed by atoms with E-state index in [2.05, 4.69) is 13.8 Å². The van der Waals surface area contributed by atoms with E-state index in [1.807, 2.05) is 31.2 Å². The van der Waals surface area contributed by atoms with Gasteiger partial charge in [-0.25, -0.2) is 0 Å². The summed E-state index contributed by atoms with van der Waals surface area (Å²) in [7, 11) is 1.49. The SMILES string of the molecule is COc1cc(C2CC(=O)N(c3cccc(C)c3)C3=C2C(=O)CC(C)(C)C3)ccc1O. The zero-order chi connectivity index (χ0) is 21.6. The number of carbonyl (C=O) groups excluding carboxylic acids is 2. The molecule has 0 bridgehead atoms. The topological polar surface area (TPSA) is 66.8 Å². The Kier molecular flexibility index (Phi) is 4.92. The summed E-state index contributed by atoms with van der Waals surface area (Å²) in [5.74, 6) is 0.0962. The van der Waals surface area contributed by atoms with Gasteiger partial charge in [-0.15, -0.1) is 0 Å². The maximum absolute atomic E-state index is 13.4. The first-order valence-corrected chi connectivity index (χ1v) is 10.2. The first-order valence-electron chi connectivity index (χ1n) is 10.2. The van der Waals surface area contributed by atoms with Crippen molar-refractivity contribution in [1.29, 1.82) is 0 Å². The molecule has 30 heavy (non-hydrogen) atoms. The molecule has 5 heteroatoms. The zero-order valence-electron chi connectivity index (χ0n) is 17.9. The summed E-state index contributed by atoms with van der Waals surface area (Å²) in [6, 6.07) is 12.9. The first-order chi connectivity index (χ1) is 14.2. The van der Waals surface area contributed by atoms with Crippen molar-refractivity contribution in [3.05, 3.63) is 64.9 Å². The minimum absolute atomic E-state index is 0.0260. The lowest BCUT2D eigenvalue weighted by atomic mass is 9.69. The Balaban J connectivity index is 1.90. The summed E-state index contributed by atoms with van der Waals surface area (Å²) in [6.07, 6.45) is 1.31. The normalized spacial score (nSPS) is 20.9. The van der Waals surface area contributed by atoms with E-state index in [1.165, 1.54) is 7.11 Å². The molecule has 1 aliphatic carbocycles. The number of nitrogens with zero attached hydrogens (tertiary/aromatic N) is 1. The van der Waals surface area contributed by atoms with Crippen molar-refractivity contribution in [2.24, 2.45) is 5.41 Å². The molecule has 1 N–H and O–H groups in total. The van der Waals surface area contributed by atoms with E-state index in [4.69, 9.17) is 4.74 Å². The number of ketones is 1. The maximum Gasteiger partial charge on any atom is 0.232 e. The number of phenols is 1. The van der Waals surface area contributed by atoms with E-state index in [-0.39, 0.29) is 35.2 Å². The second-order valence-electron chi connectivity index (χ2n) is 9.06. The molecule has 0 aromatic heterocycles. The van der Waals surface area contributed by atoms with Crippen LogP contribution in [0.5, 0.6) is 11.5 Å². The molecule has 0 fully saturated rings. The Hall–Kier alpha value is -3.08. The number of methoxy groups -OCH3 is 1. The average Bonchev–Trinajstić information content (AvgIpc) is 2.66. The van der Waals surface area contributed by atoms with Gasteiger partial charge in [-0.05, 0) is 54.2 Å². The number of aromatic hydroxyl groups is 1. The highest BCUT2D eigenvalue weighted by molar-refractivity contribution is 6.07. The van der Waals surface area contributed by atoms with Crippen LogP contribution in [0.25, 0.3) is 0 Å². The molecule has 0 saturated carbocycles. The van der Waals surface area contributed by atoms with Gasteiger partial charge in [-0.3, -0.25) is 14.5 Å². The van der Waals surface area contributed by atoms with Gasteiger partial charge in [0, 0.05) is 35.7 Å². The Morgan fingerprint density at radius 1 is 1.10 bits per heavy atom. The van der Waals surface area contributed by atoms with E-state index in [1.54, 1.807) is 23.1 Å². The molecule has 0 radical (unpaired) electrons. The van der Waals surface area contributed by atoms with E-state index in [0.29, 0.717) is 24.2 Å². The number of hydrogen-bond donors (Lipinski definition) is 1. The summed E-state index contributed by atoms with van der Waals surface area (Å²) in [6.45, 7) is 6.14. The fourth-order valence-corrected chi connectivity index (χ4v) is 4.68. The molecule has 1 atom stereocenters. The number of hydrogen-bond acceptors (Lipinski definition) is 4. The van der Waals surface area contributed by atoms with Crippen molar-refractivity contribution in [3.63, 3.8) is 0 Å². The lowest BCUT2D eigenvalue weighted by Gasteiger charge is -2.43. The third-order valence-corrected chi connectivity index (χ3v) is 6.01. The van der Waals surface area contributed by atoms with E-state index < -0.39 is 0 Å². The summed E-state index contributed by atoms with van der Waals surface area (Å²) in [5, 5.41) is 9.98. The molecule has 0 saturated heterocycles. The van der Waals surface area contributed by atoms with Crippen LogP contribution < -0.4 is 9.64 Å². The first kappa shape index (κ1) is 20.2. The van der Waals surface area contributed by atoms with E-state index in [0.717, 1.165) is 22.5 Å². The molecule has 156 valence electrons. The number of Topliss-reactive ketones (excluding diaryl/α,β-unsaturated/α-hetero) is 1. The number of aryl methyl sites for hydroxylation is 1. The van der Waals surface area contributed by atoms with Crippen LogP contribution in [-0.2, 0) is 9.59 Å². The van der Waals surface area contributed by atoms with Gasteiger partial charge in [0.1, 0.15) is 0 Å². The zero-order valence-corrected chi connectivity index (χ0v) is 17.9. The molecule has 1 aliphatic heterocycles. The van der Waals surface area contributed by atoms with Crippen LogP contribution in [0.15, 0.2) is 53.7 Å². The van der Waals surface area contributed by atoms with Crippen molar-refractivity contribution in [2.45, 2.75) is 46.0 Å². The fourth-order valence-electron chi connectivity index (χ4n) is 4.68. The minimum atomic E-state index is -0.341. The monoisotopic (exact) mass is 405 g/mol. The number of rotatable bonds is 3. The predicted octanol–water partition coefficient (Wildman–Crippen LogP) is 4.87. The van der Waals surface area contributed by atoms with Gasteiger partial charge < -0.3 is 9.84 Å². The highest BCUT2D eigenvalue weighted by Crippen LogP contribution is 2.48. The molecule has 1 amide bonds. The van der Waals surface area contributed by atoms with Gasteiger partial charge in [-0.2, -0.15) is 0 Å². The van der Waals surface area contributed by atoms with Crippen LogP contribution in [0.1, 0.15) is 50.2 Å².